The van der Waals surface area contributed by atoms with Crippen molar-refractivity contribution in [3.63, 3.8) is 0 Å². The van der Waals surface area contributed by atoms with E-state index in [4.69, 9.17) is 0 Å². The molecule has 0 radical (unpaired) electrons. The van der Waals surface area contributed by atoms with Crippen LogP contribution in [0.15, 0.2) is 80.0 Å². The van der Waals surface area contributed by atoms with Crippen molar-refractivity contribution in [3.05, 3.63) is 70.7 Å². The molecule has 38 heavy (non-hydrogen) atoms. The molecule has 1 fully saturated rings. The number of hydrogen-bond acceptors (Lipinski definition) is 8. The minimum Gasteiger partial charge on any atom is -1.00 e. The summed E-state index contributed by atoms with van der Waals surface area (Å²) in [5.74, 6) is 0. The topological polar surface area (TPSA) is 63.7 Å². The van der Waals surface area contributed by atoms with Crippen LogP contribution in [0.1, 0.15) is 11.1 Å². The lowest BCUT2D eigenvalue weighted by molar-refractivity contribution is -0.654. The number of hydrogen-bond donors (Lipinski definition) is 0. The molecule has 4 aromatic rings. The Balaban J connectivity index is 0.00000200. The maximum absolute atomic E-state index is 4.47. The molecule has 0 unspecified atom stereocenters. The molecule has 5 rings (SSSR count). The quantitative estimate of drug-likeness (QED) is 0.239. The zero-order chi connectivity index (χ0) is 25.1. The first-order chi connectivity index (χ1) is 17.5. The van der Waals surface area contributed by atoms with Gasteiger partial charge in [-0.05, 0) is 94.3 Å². The van der Waals surface area contributed by atoms with Gasteiger partial charge in [-0.1, -0.05) is 0 Å². The summed E-state index contributed by atoms with van der Waals surface area (Å²) in [7, 11) is 3.96. The van der Waals surface area contributed by atoms with Crippen LogP contribution in [-0.4, -0.2) is 26.2 Å². The highest BCUT2D eigenvalue weighted by molar-refractivity contribution is 7.13. The van der Waals surface area contributed by atoms with E-state index in [1.807, 2.05) is 46.4 Å². The summed E-state index contributed by atoms with van der Waals surface area (Å²) in [5, 5.41) is 23.5. The van der Waals surface area contributed by atoms with E-state index < -0.39 is 0 Å². The number of anilines is 2. The number of aromatic nitrogens is 2. The van der Waals surface area contributed by atoms with Gasteiger partial charge in [-0.15, -0.1) is 0 Å². The van der Waals surface area contributed by atoms with E-state index in [0.717, 1.165) is 58.9 Å². The molecule has 0 saturated carbocycles. The smallest absolute Gasteiger partial charge is 0.408 e. The Morgan fingerprint density at radius 3 is 1.34 bits per heavy atom. The van der Waals surface area contributed by atoms with Gasteiger partial charge >= 0.3 is 10.3 Å². The lowest BCUT2D eigenvalue weighted by Crippen LogP contribution is -3.00. The summed E-state index contributed by atoms with van der Waals surface area (Å²) < 4.78 is 3.95. The van der Waals surface area contributed by atoms with E-state index in [9.17, 15) is 0 Å². The first-order valence-corrected chi connectivity index (χ1v) is 13.6. The monoisotopic (exact) mass is 588 g/mol. The van der Waals surface area contributed by atoms with Gasteiger partial charge in [0.05, 0.1) is 24.3 Å². The van der Waals surface area contributed by atoms with E-state index in [-0.39, 0.29) is 24.8 Å². The number of thiazole rings is 2. The van der Waals surface area contributed by atoms with Crippen LogP contribution in [0.4, 0.5) is 33.0 Å². The van der Waals surface area contributed by atoms with E-state index in [1.54, 1.807) is 22.7 Å². The number of piperazine rings is 1. The highest BCUT2D eigenvalue weighted by Crippen LogP contribution is 2.30. The van der Waals surface area contributed by atoms with Crippen LogP contribution in [-0.2, 0) is 14.1 Å². The van der Waals surface area contributed by atoms with Crippen LogP contribution >= 0.6 is 22.7 Å². The molecule has 0 bridgehead atoms. The predicted octanol–water partition coefficient (Wildman–Crippen LogP) is 0.241. The molecule has 2 aromatic heterocycles. The highest BCUT2D eigenvalue weighted by Gasteiger charge is 2.19. The largest absolute Gasteiger partial charge is 1.00 e. The summed E-state index contributed by atoms with van der Waals surface area (Å²) in [6.07, 6.45) is 3.98. The predicted molar refractivity (Wildman–Crippen MR) is 146 cm³/mol. The second kappa shape index (κ2) is 13.2. The fourth-order valence-electron chi connectivity index (χ4n) is 4.16. The molecule has 0 atom stereocenters. The third kappa shape index (κ3) is 6.74. The normalized spacial score (nSPS) is 13.7. The van der Waals surface area contributed by atoms with Gasteiger partial charge in [0, 0.05) is 48.3 Å². The van der Waals surface area contributed by atoms with Gasteiger partial charge in [-0.25, -0.2) is 9.13 Å². The number of rotatable bonds is 6. The SMILES string of the molecule is Cc1cc(N2CCN(c3ccc(N=Nc4scc[n+]4C)c(C)c3)CC2)ccc1N=Nc1scc[n+]1C.[Cl-].[Cl-]. The Morgan fingerprint density at radius 2 is 1.03 bits per heavy atom. The summed E-state index contributed by atoms with van der Waals surface area (Å²) >= 11 is 3.16. The molecule has 8 nitrogen and oxygen atoms in total. The highest BCUT2D eigenvalue weighted by atomic mass is 35.5. The van der Waals surface area contributed by atoms with Crippen molar-refractivity contribution in [2.75, 3.05) is 36.0 Å². The lowest BCUT2D eigenvalue weighted by atomic mass is 10.1. The molecule has 1 aliphatic rings. The van der Waals surface area contributed by atoms with Gasteiger partial charge in [0.1, 0.15) is 23.8 Å². The molecule has 1 saturated heterocycles. The molecule has 1 aliphatic heterocycles. The average Bonchev–Trinajstić information content (AvgIpc) is 3.49. The van der Waals surface area contributed by atoms with Gasteiger partial charge < -0.3 is 34.6 Å². The molecule has 0 amide bonds. The number of benzene rings is 2. The first-order valence-electron chi connectivity index (χ1n) is 11.9. The Labute approximate surface area is 243 Å². The number of nitrogens with zero attached hydrogens (tertiary/aromatic N) is 8. The molecule has 12 heteroatoms. The Hall–Kier alpha value is -2.92. The summed E-state index contributed by atoms with van der Waals surface area (Å²) in [6.45, 7) is 8.09. The third-order valence-electron chi connectivity index (χ3n) is 6.38. The molecular formula is C26H30Cl2N8S2. The van der Waals surface area contributed by atoms with E-state index >= 15 is 0 Å². The zero-order valence-electron chi connectivity index (χ0n) is 21.8. The third-order valence-corrected chi connectivity index (χ3v) is 8.05. The van der Waals surface area contributed by atoms with Crippen molar-refractivity contribution in [2.45, 2.75) is 13.8 Å². The lowest BCUT2D eigenvalue weighted by Gasteiger charge is -2.37. The second-order valence-corrected chi connectivity index (χ2v) is 10.7. The van der Waals surface area contributed by atoms with Gasteiger partial charge in [-0.3, -0.25) is 0 Å². The van der Waals surface area contributed by atoms with Gasteiger partial charge in [0.15, 0.2) is 0 Å². The van der Waals surface area contributed by atoms with E-state index in [0.29, 0.717) is 0 Å². The molecule has 200 valence electrons. The second-order valence-electron chi connectivity index (χ2n) is 8.91. The van der Waals surface area contributed by atoms with Crippen LogP contribution in [0.5, 0.6) is 0 Å². The number of aryl methyl sites for hydroxylation is 4. The Bertz CT molecular complexity index is 1320. The summed E-state index contributed by atoms with van der Waals surface area (Å²) in [5.41, 5.74) is 6.56. The van der Waals surface area contributed by atoms with Crippen LogP contribution in [0.3, 0.4) is 0 Å². The number of halogens is 2. The Morgan fingerprint density at radius 1 is 0.632 bits per heavy atom. The summed E-state index contributed by atoms with van der Waals surface area (Å²) in [6, 6.07) is 12.9. The molecule has 0 spiro atoms. The van der Waals surface area contributed by atoms with Crippen molar-refractivity contribution in [1.82, 2.24) is 0 Å². The van der Waals surface area contributed by atoms with E-state index in [1.165, 1.54) is 11.4 Å². The molecule has 3 heterocycles. The fraction of sp³-hybridized carbons (Fsp3) is 0.308. The minimum absolute atomic E-state index is 0. The standard InChI is InChI=1S/C26H30N8S2.2ClH/c1-19-17-21(5-7-23(19)27-29-25-31(3)13-15-35-25)33-9-11-34(12-10-33)22-6-8-24(20(2)18-22)28-30-26-32(4)14-16-36-26;;/h5-8,13-18H,9-12H2,1-4H3;2*1H/q+2;;/p-2. The Kier molecular flexibility index (Phi) is 10.3. The van der Waals surface area contributed by atoms with E-state index in [2.05, 4.69) is 80.5 Å². The molecule has 0 N–H and O–H groups in total. The number of azo groups is 2. The van der Waals surface area contributed by atoms with Gasteiger partial charge in [0.2, 0.25) is 0 Å². The molecule has 2 aromatic carbocycles. The molecule has 0 aliphatic carbocycles. The van der Waals surface area contributed by atoms with Crippen LogP contribution in [0, 0.1) is 13.8 Å². The first kappa shape index (κ1) is 29.6. The average molecular weight is 590 g/mol. The summed E-state index contributed by atoms with van der Waals surface area (Å²) in [4.78, 5) is 4.89. The van der Waals surface area contributed by atoms with Crippen molar-refractivity contribution in [1.29, 1.82) is 0 Å². The van der Waals surface area contributed by atoms with Crippen LogP contribution in [0.2, 0.25) is 0 Å². The van der Waals surface area contributed by atoms with Crippen molar-refractivity contribution >= 4 is 55.7 Å². The van der Waals surface area contributed by atoms with Crippen LogP contribution in [0.25, 0.3) is 0 Å². The van der Waals surface area contributed by atoms with Crippen molar-refractivity contribution in [3.8, 4) is 0 Å². The maximum Gasteiger partial charge on any atom is 0.408 e. The van der Waals surface area contributed by atoms with Gasteiger partial charge in [-0.2, -0.15) is 0 Å². The minimum atomic E-state index is 0. The van der Waals surface area contributed by atoms with Crippen LogP contribution < -0.4 is 43.7 Å². The molecular weight excluding hydrogens is 559 g/mol. The zero-order valence-corrected chi connectivity index (χ0v) is 24.9. The fourth-order valence-corrected chi connectivity index (χ4v) is 5.52. The maximum atomic E-state index is 4.47. The van der Waals surface area contributed by atoms with Crippen molar-refractivity contribution < 1.29 is 33.9 Å². The van der Waals surface area contributed by atoms with Crippen molar-refractivity contribution in [2.24, 2.45) is 34.6 Å². The van der Waals surface area contributed by atoms with Gasteiger partial charge in [0.25, 0.3) is 0 Å².